The molecule has 0 aliphatic carbocycles. The summed E-state index contributed by atoms with van der Waals surface area (Å²) >= 11 is 5.91. The van der Waals surface area contributed by atoms with Crippen LogP contribution in [-0.2, 0) is 11.3 Å². The molecule has 1 heterocycles. The fourth-order valence-corrected chi connectivity index (χ4v) is 2.49. The first-order valence-corrected chi connectivity index (χ1v) is 7.41. The van der Waals surface area contributed by atoms with Gasteiger partial charge in [-0.3, -0.25) is 4.79 Å². The van der Waals surface area contributed by atoms with Crippen LogP contribution in [0.4, 0.5) is 5.69 Å². The quantitative estimate of drug-likeness (QED) is 0.858. The van der Waals surface area contributed by atoms with E-state index in [-0.39, 0.29) is 18.5 Å². The van der Waals surface area contributed by atoms with Gasteiger partial charge in [-0.25, -0.2) is 0 Å². The first-order valence-electron chi connectivity index (χ1n) is 7.04. The maximum atomic E-state index is 12.1. The Morgan fingerprint density at radius 2 is 2.14 bits per heavy atom. The van der Waals surface area contributed by atoms with Crippen LogP contribution >= 0.6 is 11.6 Å². The van der Waals surface area contributed by atoms with Gasteiger partial charge in [-0.1, -0.05) is 24.6 Å². The van der Waals surface area contributed by atoms with Gasteiger partial charge in [-0.15, -0.1) is 0 Å². The van der Waals surface area contributed by atoms with Gasteiger partial charge in [-0.05, 0) is 43.8 Å². The summed E-state index contributed by atoms with van der Waals surface area (Å²) in [7, 11) is 0. The van der Waals surface area contributed by atoms with Crippen LogP contribution in [0.15, 0.2) is 42.6 Å². The number of aromatic nitrogens is 1. The average molecular weight is 306 g/mol. The minimum absolute atomic E-state index is 0.0709. The van der Waals surface area contributed by atoms with E-state index in [1.807, 2.05) is 35.0 Å². The van der Waals surface area contributed by atoms with E-state index < -0.39 is 0 Å². The number of benzene rings is 1. The normalized spacial score (nSPS) is 12.1. The second-order valence-corrected chi connectivity index (χ2v) is 5.34. The summed E-state index contributed by atoms with van der Waals surface area (Å²) in [5, 5.41) is 6.81. The van der Waals surface area contributed by atoms with Gasteiger partial charge in [0.15, 0.2) is 0 Å². The van der Waals surface area contributed by atoms with Crippen molar-refractivity contribution in [2.45, 2.75) is 26.4 Å². The lowest BCUT2D eigenvalue weighted by molar-refractivity contribution is -0.116. The van der Waals surface area contributed by atoms with Crippen LogP contribution in [0.3, 0.4) is 0 Å². The van der Waals surface area contributed by atoms with Crippen molar-refractivity contribution in [3.8, 4) is 0 Å². The molecular weight excluding hydrogens is 286 g/mol. The van der Waals surface area contributed by atoms with E-state index in [4.69, 9.17) is 11.6 Å². The number of nitrogens with one attached hydrogen (secondary N) is 2. The lowest BCUT2D eigenvalue weighted by Gasteiger charge is -2.16. The number of carbonyl (C=O) groups is 1. The number of halogens is 1. The van der Waals surface area contributed by atoms with Crippen LogP contribution in [0, 0.1) is 0 Å². The molecule has 0 saturated carbocycles. The Labute approximate surface area is 130 Å². The fourth-order valence-electron chi connectivity index (χ4n) is 2.30. The number of anilines is 1. The molecule has 1 aromatic carbocycles. The van der Waals surface area contributed by atoms with Crippen LogP contribution < -0.4 is 10.6 Å². The molecule has 21 heavy (non-hydrogen) atoms. The molecule has 0 aliphatic heterocycles. The van der Waals surface area contributed by atoms with Crippen molar-refractivity contribution in [2.24, 2.45) is 0 Å². The lowest BCUT2D eigenvalue weighted by atomic mass is 10.2. The van der Waals surface area contributed by atoms with Crippen LogP contribution in [0.5, 0.6) is 0 Å². The molecule has 2 rings (SSSR count). The number of amides is 1. The summed E-state index contributed by atoms with van der Waals surface area (Å²) in [6, 6.07) is 11.3. The highest BCUT2D eigenvalue weighted by Gasteiger charge is 2.11. The molecule has 112 valence electrons. The smallest absolute Gasteiger partial charge is 0.244 e. The second-order valence-electron chi connectivity index (χ2n) is 4.90. The van der Waals surface area contributed by atoms with Crippen molar-refractivity contribution in [3.05, 3.63) is 53.3 Å². The molecule has 0 fully saturated rings. The Kier molecular flexibility index (Phi) is 5.42. The SMILES string of the molecule is CCNC(C)c1cccn1CC(=O)Nc1cccc(Cl)c1. The first kappa shape index (κ1) is 15.6. The summed E-state index contributed by atoms with van der Waals surface area (Å²) in [5.41, 5.74) is 1.80. The fraction of sp³-hybridized carbons (Fsp3) is 0.312. The van der Waals surface area contributed by atoms with E-state index in [0.29, 0.717) is 10.7 Å². The predicted molar refractivity (Wildman–Crippen MR) is 86.6 cm³/mol. The van der Waals surface area contributed by atoms with Gasteiger partial charge in [0.1, 0.15) is 6.54 Å². The Morgan fingerprint density at radius 3 is 2.86 bits per heavy atom. The number of hydrogen-bond donors (Lipinski definition) is 2. The van der Waals surface area contributed by atoms with E-state index in [1.54, 1.807) is 12.1 Å². The van der Waals surface area contributed by atoms with Crippen LogP contribution in [0.25, 0.3) is 0 Å². The molecule has 1 amide bonds. The van der Waals surface area contributed by atoms with Gasteiger partial charge in [0.05, 0.1) is 0 Å². The average Bonchev–Trinajstić information content (AvgIpc) is 2.87. The zero-order valence-electron chi connectivity index (χ0n) is 12.3. The summed E-state index contributed by atoms with van der Waals surface area (Å²) < 4.78 is 1.95. The van der Waals surface area contributed by atoms with Crippen molar-refractivity contribution in [2.75, 3.05) is 11.9 Å². The molecule has 1 atom stereocenters. The zero-order valence-corrected chi connectivity index (χ0v) is 13.0. The number of hydrogen-bond acceptors (Lipinski definition) is 2. The minimum atomic E-state index is -0.0709. The van der Waals surface area contributed by atoms with Gasteiger partial charge >= 0.3 is 0 Å². The number of rotatable bonds is 6. The summed E-state index contributed by atoms with van der Waals surface area (Å²) in [6.45, 7) is 5.32. The van der Waals surface area contributed by atoms with Gasteiger partial charge in [0, 0.05) is 28.6 Å². The van der Waals surface area contributed by atoms with Crippen molar-refractivity contribution >= 4 is 23.2 Å². The largest absolute Gasteiger partial charge is 0.341 e. The molecule has 0 radical (unpaired) electrons. The van der Waals surface area contributed by atoms with Crippen LogP contribution in [0.1, 0.15) is 25.6 Å². The topological polar surface area (TPSA) is 46.1 Å². The molecule has 2 aromatic rings. The zero-order chi connectivity index (χ0) is 15.2. The highest BCUT2D eigenvalue weighted by molar-refractivity contribution is 6.30. The molecule has 0 bridgehead atoms. The Hall–Kier alpha value is -1.78. The maximum Gasteiger partial charge on any atom is 0.244 e. The van der Waals surface area contributed by atoms with E-state index in [0.717, 1.165) is 12.2 Å². The van der Waals surface area contributed by atoms with Crippen molar-refractivity contribution < 1.29 is 4.79 Å². The predicted octanol–water partition coefficient (Wildman–Crippen LogP) is 3.45. The Morgan fingerprint density at radius 1 is 1.33 bits per heavy atom. The van der Waals surface area contributed by atoms with Crippen LogP contribution in [-0.4, -0.2) is 17.0 Å². The minimum Gasteiger partial charge on any atom is -0.341 e. The molecule has 5 heteroatoms. The molecule has 1 unspecified atom stereocenters. The van der Waals surface area contributed by atoms with E-state index in [1.165, 1.54) is 0 Å². The van der Waals surface area contributed by atoms with Crippen LogP contribution in [0.2, 0.25) is 5.02 Å². The third kappa shape index (κ3) is 4.34. The summed E-state index contributed by atoms with van der Waals surface area (Å²) in [6.07, 6.45) is 1.92. The number of carbonyl (C=O) groups excluding carboxylic acids is 1. The first-order chi connectivity index (χ1) is 10.1. The highest BCUT2D eigenvalue weighted by atomic mass is 35.5. The van der Waals surface area contributed by atoms with Gasteiger partial charge in [0.25, 0.3) is 0 Å². The van der Waals surface area contributed by atoms with Gasteiger partial charge in [-0.2, -0.15) is 0 Å². The Balaban J connectivity index is 2.02. The molecule has 1 aromatic heterocycles. The summed E-state index contributed by atoms with van der Waals surface area (Å²) in [5.74, 6) is -0.0709. The summed E-state index contributed by atoms with van der Waals surface area (Å²) in [4.78, 5) is 12.1. The monoisotopic (exact) mass is 305 g/mol. The van der Waals surface area contributed by atoms with E-state index in [9.17, 15) is 4.79 Å². The van der Waals surface area contributed by atoms with Crippen molar-refractivity contribution in [3.63, 3.8) is 0 Å². The highest BCUT2D eigenvalue weighted by Crippen LogP contribution is 2.16. The standard InChI is InChI=1S/C16H20ClN3O/c1-3-18-12(2)15-8-5-9-20(15)11-16(21)19-14-7-4-6-13(17)10-14/h4-10,12,18H,3,11H2,1-2H3,(H,19,21). The second kappa shape index (κ2) is 7.29. The lowest BCUT2D eigenvalue weighted by Crippen LogP contribution is -2.24. The molecule has 2 N–H and O–H groups in total. The van der Waals surface area contributed by atoms with Gasteiger partial charge in [0.2, 0.25) is 5.91 Å². The molecule has 0 aliphatic rings. The maximum absolute atomic E-state index is 12.1. The van der Waals surface area contributed by atoms with Crippen molar-refractivity contribution in [1.29, 1.82) is 0 Å². The molecule has 0 spiro atoms. The van der Waals surface area contributed by atoms with E-state index in [2.05, 4.69) is 24.5 Å². The number of nitrogens with zero attached hydrogens (tertiary/aromatic N) is 1. The van der Waals surface area contributed by atoms with E-state index >= 15 is 0 Å². The molecular formula is C16H20ClN3O. The third-order valence-corrected chi connectivity index (χ3v) is 3.48. The Bertz CT molecular complexity index is 609. The van der Waals surface area contributed by atoms with Gasteiger partial charge < -0.3 is 15.2 Å². The van der Waals surface area contributed by atoms with Crippen molar-refractivity contribution in [1.82, 2.24) is 9.88 Å². The third-order valence-electron chi connectivity index (χ3n) is 3.24. The molecule has 4 nitrogen and oxygen atoms in total. The molecule has 0 saturated heterocycles.